The summed E-state index contributed by atoms with van der Waals surface area (Å²) in [6.45, 7) is 3.97. The van der Waals surface area contributed by atoms with Gasteiger partial charge in [-0.2, -0.15) is 9.78 Å². The van der Waals surface area contributed by atoms with Gasteiger partial charge < -0.3 is 19.4 Å². The van der Waals surface area contributed by atoms with Gasteiger partial charge in [-0.1, -0.05) is 18.3 Å². The molecule has 0 aliphatic carbocycles. The summed E-state index contributed by atoms with van der Waals surface area (Å²) in [5, 5.41) is 15.4. The van der Waals surface area contributed by atoms with Crippen molar-refractivity contribution >= 4 is 39.8 Å². The van der Waals surface area contributed by atoms with Crippen LogP contribution in [0.15, 0.2) is 36.4 Å². The largest absolute Gasteiger partial charge is 0.439 e. The molecule has 1 amide bonds. The molecule has 0 saturated carbocycles. The number of hydrogen-bond acceptors (Lipinski definition) is 9. The molecular formula is C27H27FN8O2S. The number of carbonyl (C=O) groups is 1. The molecule has 0 radical (unpaired) electrons. The first-order chi connectivity index (χ1) is 18.8. The number of piperidine rings is 1. The van der Waals surface area contributed by atoms with E-state index in [1.165, 1.54) is 23.5 Å². The van der Waals surface area contributed by atoms with Crippen molar-refractivity contribution in [2.24, 2.45) is 0 Å². The fourth-order valence-electron chi connectivity index (χ4n) is 5.42. The predicted octanol–water partition coefficient (Wildman–Crippen LogP) is 4.61. The summed E-state index contributed by atoms with van der Waals surface area (Å²) < 4.78 is 21.1. The highest BCUT2D eigenvalue weighted by Gasteiger charge is 2.46. The van der Waals surface area contributed by atoms with E-state index < -0.39 is 5.60 Å². The van der Waals surface area contributed by atoms with Crippen LogP contribution >= 0.6 is 11.3 Å². The smallest absolute Gasteiger partial charge is 0.410 e. The Bertz CT molecular complexity index is 1610. The Labute approximate surface area is 228 Å². The number of hydrogen-bond donors (Lipinski definition) is 0. The third-order valence-corrected chi connectivity index (χ3v) is 8.32. The van der Waals surface area contributed by atoms with Gasteiger partial charge >= 0.3 is 6.09 Å². The van der Waals surface area contributed by atoms with Crippen LogP contribution in [0.1, 0.15) is 30.3 Å². The highest BCUT2D eigenvalue weighted by atomic mass is 32.1. The van der Waals surface area contributed by atoms with Crippen LogP contribution in [-0.4, -0.2) is 69.9 Å². The second-order valence-electron chi connectivity index (χ2n) is 9.98. The standard InChI is InChI=1S/C27H27FN8O2S/c1-4-19-24(34(3)25-31-23(20(14-29)39-25)17-6-8-18(28)9-7-17)36-21(30-19)10-11-22(32-36)35-13-5-12-27(16-35)15-33(2)26(37)38-27/h6-11H,4-5,12-13,15-16H2,1-3H3. The molecule has 5 heterocycles. The molecule has 1 aromatic carbocycles. The minimum atomic E-state index is -0.533. The highest BCUT2D eigenvalue weighted by Crippen LogP contribution is 2.37. The van der Waals surface area contributed by atoms with Crippen molar-refractivity contribution in [3.05, 3.63) is 52.8 Å². The zero-order valence-electron chi connectivity index (χ0n) is 21.9. The van der Waals surface area contributed by atoms with Gasteiger partial charge in [0.1, 0.15) is 33.9 Å². The van der Waals surface area contributed by atoms with Crippen molar-refractivity contribution in [1.29, 1.82) is 5.26 Å². The lowest BCUT2D eigenvalue weighted by atomic mass is 9.93. The van der Waals surface area contributed by atoms with Crippen LogP contribution in [0.5, 0.6) is 0 Å². The van der Waals surface area contributed by atoms with Crippen molar-refractivity contribution in [3.63, 3.8) is 0 Å². The van der Waals surface area contributed by atoms with Crippen LogP contribution < -0.4 is 9.80 Å². The lowest BCUT2D eigenvalue weighted by Gasteiger charge is -2.38. The molecule has 1 atom stereocenters. The Kier molecular flexibility index (Phi) is 6.10. The summed E-state index contributed by atoms with van der Waals surface area (Å²) in [5.41, 5.74) is 2.21. The molecule has 1 unspecified atom stereocenters. The average Bonchev–Trinajstić information content (AvgIpc) is 3.61. The van der Waals surface area contributed by atoms with E-state index in [-0.39, 0.29) is 11.9 Å². The van der Waals surface area contributed by atoms with Crippen molar-refractivity contribution < 1.29 is 13.9 Å². The molecule has 0 bridgehead atoms. The number of nitriles is 1. The van der Waals surface area contributed by atoms with Crippen LogP contribution in [0, 0.1) is 17.1 Å². The first-order valence-corrected chi connectivity index (χ1v) is 13.6. The minimum absolute atomic E-state index is 0.286. The number of nitrogens with zero attached hydrogens (tertiary/aromatic N) is 8. The minimum Gasteiger partial charge on any atom is -0.439 e. The van der Waals surface area contributed by atoms with E-state index >= 15 is 0 Å². The molecule has 2 fully saturated rings. The molecule has 200 valence electrons. The maximum Gasteiger partial charge on any atom is 0.410 e. The Morgan fingerprint density at radius 2 is 2.00 bits per heavy atom. The normalized spacial score (nSPS) is 19.1. The number of imidazole rings is 1. The van der Waals surface area contributed by atoms with Gasteiger partial charge in [-0.3, -0.25) is 0 Å². The maximum absolute atomic E-state index is 13.5. The second kappa shape index (κ2) is 9.50. The lowest BCUT2D eigenvalue weighted by molar-refractivity contribution is 0.0445. The van der Waals surface area contributed by atoms with E-state index in [2.05, 4.69) is 11.0 Å². The van der Waals surface area contributed by atoms with E-state index in [4.69, 9.17) is 19.8 Å². The predicted molar refractivity (Wildman–Crippen MR) is 146 cm³/mol. The van der Waals surface area contributed by atoms with Gasteiger partial charge in [0.05, 0.1) is 18.8 Å². The molecule has 1 spiro atoms. The topological polar surface area (TPSA) is 103 Å². The first-order valence-electron chi connectivity index (χ1n) is 12.8. The number of rotatable bonds is 5. The van der Waals surface area contributed by atoms with Gasteiger partial charge in [0.2, 0.25) is 0 Å². The van der Waals surface area contributed by atoms with Crippen LogP contribution in [0.4, 0.5) is 26.0 Å². The van der Waals surface area contributed by atoms with Crippen LogP contribution in [0.3, 0.4) is 0 Å². The highest BCUT2D eigenvalue weighted by molar-refractivity contribution is 7.16. The van der Waals surface area contributed by atoms with Gasteiger partial charge in [-0.05, 0) is 55.7 Å². The molecular weight excluding hydrogens is 519 g/mol. The number of anilines is 3. The number of aryl methyl sites for hydroxylation is 1. The number of ether oxygens (including phenoxy) is 1. The number of benzene rings is 1. The third-order valence-electron chi connectivity index (χ3n) is 7.29. The Morgan fingerprint density at radius 1 is 1.21 bits per heavy atom. The van der Waals surface area contributed by atoms with Crippen LogP contribution in [0.25, 0.3) is 16.9 Å². The summed E-state index contributed by atoms with van der Waals surface area (Å²) in [7, 11) is 3.65. The van der Waals surface area contributed by atoms with E-state index in [0.29, 0.717) is 46.4 Å². The zero-order valence-corrected chi connectivity index (χ0v) is 22.7. The number of aromatic nitrogens is 4. The Balaban J connectivity index is 1.37. The van der Waals surface area contributed by atoms with Gasteiger partial charge in [-0.25, -0.2) is 19.2 Å². The average molecular weight is 547 g/mol. The zero-order chi connectivity index (χ0) is 27.3. The lowest BCUT2D eigenvalue weighted by Crippen LogP contribution is -2.51. The van der Waals surface area contributed by atoms with Crippen LogP contribution in [0.2, 0.25) is 0 Å². The Hall–Kier alpha value is -4.24. The fourth-order valence-corrected chi connectivity index (χ4v) is 6.27. The second-order valence-corrected chi connectivity index (χ2v) is 11.0. The molecule has 10 nitrogen and oxygen atoms in total. The molecule has 6 rings (SSSR count). The summed E-state index contributed by atoms with van der Waals surface area (Å²) >= 11 is 1.27. The molecule has 39 heavy (non-hydrogen) atoms. The van der Waals surface area contributed by atoms with E-state index in [1.807, 2.05) is 35.5 Å². The van der Waals surface area contributed by atoms with Gasteiger partial charge in [0, 0.05) is 26.2 Å². The monoisotopic (exact) mass is 546 g/mol. The van der Waals surface area contributed by atoms with Crippen molar-refractivity contribution in [3.8, 4) is 17.3 Å². The van der Waals surface area contributed by atoms with Crippen molar-refractivity contribution in [2.45, 2.75) is 31.8 Å². The van der Waals surface area contributed by atoms with Gasteiger partial charge in [0.25, 0.3) is 0 Å². The Morgan fingerprint density at radius 3 is 2.69 bits per heavy atom. The number of likely N-dealkylation sites (N-methyl/N-ethyl adjacent to an activating group) is 1. The first kappa shape index (κ1) is 25.1. The van der Waals surface area contributed by atoms with Crippen molar-refractivity contribution in [2.75, 3.05) is 43.5 Å². The molecule has 3 aromatic heterocycles. The maximum atomic E-state index is 13.5. The van der Waals surface area contributed by atoms with E-state index in [0.717, 1.165) is 36.7 Å². The number of amides is 1. The SMILES string of the molecule is CCc1nc2ccc(N3CCCC4(CN(C)C(=O)O4)C3)nn2c1N(C)c1nc(-c2ccc(F)cc2)c(C#N)s1. The van der Waals surface area contributed by atoms with Gasteiger partial charge in [-0.15, -0.1) is 5.10 Å². The summed E-state index contributed by atoms with van der Waals surface area (Å²) in [4.78, 5) is 27.8. The van der Waals surface area contributed by atoms with Crippen LogP contribution in [-0.2, 0) is 11.2 Å². The number of thiazole rings is 1. The van der Waals surface area contributed by atoms with E-state index in [9.17, 15) is 14.4 Å². The number of carbonyl (C=O) groups excluding carboxylic acids is 1. The number of fused-ring (bicyclic) bond motifs is 1. The summed E-state index contributed by atoms with van der Waals surface area (Å²) in [6, 6.07) is 12.1. The quantitative estimate of drug-likeness (QED) is 0.358. The summed E-state index contributed by atoms with van der Waals surface area (Å²) in [6.07, 6.45) is 2.10. The molecule has 2 saturated heterocycles. The third kappa shape index (κ3) is 4.32. The fraction of sp³-hybridized carbons (Fsp3) is 0.370. The summed E-state index contributed by atoms with van der Waals surface area (Å²) in [5.74, 6) is 1.19. The molecule has 12 heteroatoms. The molecule has 2 aliphatic rings. The van der Waals surface area contributed by atoms with E-state index in [1.54, 1.807) is 24.1 Å². The number of halogens is 1. The van der Waals surface area contributed by atoms with Gasteiger partial charge in [0.15, 0.2) is 16.6 Å². The molecule has 2 aliphatic heterocycles. The molecule has 0 N–H and O–H groups in total. The molecule has 4 aromatic rings. The van der Waals surface area contributed by atoms with Crippen molar-refractivity contribution in [1.82, 2.24) is 24.5 Å².